The third-order valence-corrected chi connectivity index (χ3v) is 4.97. The van der Waals surface area contributed by atoms with E-state index in [1.807, 2.05) is 25.1 Å². The lowest BCUT2D eigenvalue weighted by Gasteiger charge is -2.10. The average molecular weight is 451 g/mol. The number of benzene rings is 1. The molecule has 8 heteroatoms. The van der Waals surface area contributed by atoms with Crippen LogP contribution in [0.3, 0.4) is 0 Å². The summed E-state index contributed by atoms with van der Waals surface area (Å²) in [4.78, 5) is 9.02. The molecule has 0 aliphatic rings. The highest BCUT2D eigenvalue weighted by molar-refractivity contribution is 7.90. The Morgan fingerprint density at radius 1 is 0.897 bits per heavy atom. The highest BCUT2D eigenvalue weighted by atomic mass is 35.5. The summed E-state index contributed by atoms with van der Waals surface area (Å²) in [6.45, 7) is 7.15. The zero-order valence-electron chi connectivity index (χ0n) is 17.0. The lowest BCUT2D eigenvalue weighted by Crippen LogP contribution is -1.97. The quantitative estimate of drug-likeness (QED) is 0.498. The van der Waals surface area contributed by atoms with Gasteiger partial charge in [0.25, 0.3) is 0 Å². The maximum absolute atomic E-state index is 11.6. The molecule has 1 aromatic carbocycles. The van der Waals surface area contributed by atoms with Crippen LogP contribution in [-0.2, 0) is 14.4 Å². The van der Waals surface area contributed by atoms with E-state index >= 15 is 0 Å². The molecule has 0 saturated carbocycles. The van der Waals surface area contributed by atoms with Crippen molar-refractivity contribution in [2.75, 3.05) is 26.3 Å². The van der Waals surface area contributed by atoms with Gasteiger partial charge in [-0.1, -0.05) is 23.7 Å². The van der Waals surface area contributed by atoms with Gasteiger partial charge >= 0.3 is 0 Å². The third kappa shape index (κ3) is 7.39. The summed E-state index contributed by atoms with van der Waals surface area (Å²) in [5.41, 5.74) is 4.21. The van der Waals surface area contributed by atoms with E-state index in [-0.39, 0.29) is 4.90 Å². The number of aromatic nitrogens is 2. The molecule has 154 valence electrons. The molecule has 0 amide bonds. The summed E-state index contributed by atoms with van der Waals surface area (Å²) in [5.74, 6) is 0. The first-order valence-corrected chi connectivity index (χ1v) is 14.1. The average Bonchev–Trinajstić information content (AvgIpc) is 2.60. The normalized spacial score (nSPS) is 11.5. The summed E-state index contributed by atoms with van der Waals surface area (Å²) in [7, 11) is -4.87. The van der Waals surface area contributed by atoms with Crippen LogP contribution in [0.4, 0.5) is 0 Å². The number of hydrogen-bond acceptors (Lipinski definition) is 5. The first-order valence-electron chi connectivity index (χ1n) is 8.76. The van der Waals surface area contributed by atoms with Gasteiger partial charge in [-0.25, -0.2) is 8.42 Å². The Morgan fingerprint density at radius 2 is 1.45 bits per heavy atom. The van der Waals surface area contributed by atoms with Gasteiger partial charge in [-0.3, -0.25) is 9.97 Å². The molecule has 0 fully saturated rings. The second-order valence-electron chi connectivity index (χ2n) is 7.42. The highest BCUT2D eigenvalue weighted by Crippen LogP contribution is 2.32. The van der Waals surface area contributed by atoms with Crippen LogP contribution in [0.1, 0.15) is 5.69 Å². The summed E-state index contributed by atoms with van der Waals surface area (Å²) in [5, 5.41) is 0.515. The molecule has 0 aliphatic carbocycles. The van der Waals surface area contributed by atoms with E-state index in [2.05, 4.69) is 9.97 Å². The van der Waals surface area contributed by atoms with E-state index in [0.717, 1.165) is 28.1 Å². The minimum atomic E-state index is -3.23. The number of hydrogen-bond donors (Lipinski definition) is 0. The van der Waals surface area contributed by atoms with Crippen molar-refractivity contribution in [3.05, 3.63) is 65.6 Å². The van der Waals surface area contributed by atoms with Crippen molar-refractivity contribution in [1.29, 1.82) is 0 Å². The molecule has 0 saturated heterocycles. The van der Waals surface area contributed by atoms with Crippen molar-refractivity contribution in [2.45, 2.75) is 11.8 Å². The molecule has 3 rings (SSSR count). The molecule has 29 heavy (non-hydrogen) atoms. The summed E-state index contributed by atoms with van der Waals surface area (Å²) in [6, 6.07) is 12.4. The zero-order chi connectivity index (χ0) is 21.8. The van der Waals surface area contributed by atoms with E-state index < -0.39 is 17.0 Å². The molecule has 0 radical (unpaired) electrons. The fraction of sp³-hybridized carbons (Fsp3) is 0.238. The van der Waals surface area contributed by atoms with Gasteiger partial charge in [0.05, 0.1) is 22.8 Å². The van der Waals surface area contributed by atoms with Crippen molar-refractivity contribution in [3.63, 3.8) is 0 Å². The number of halogens is 1. The molecular weight excluding hydrogens is 427 g/mol. The molecule has 0 unspecified atom stereocenters. The third-order valence-electron chi connectivity index (χ3n) is 3.63. The number of rotatable bonds is 3. The Morgan fingerprint density at radius 3 is 1.93 bits per heavy atom. The Kier molecular flexibility index (Phi) is 7.39. The van der Waals surface area contributed by atoms with Crippen LogP contribution in [0.15, 0.2) is 59.8 Å². The van der Waals surface area contributed by atoms with Gasteiger partial charge < -0.3 is 4.57 Å². The molecule has 2 aromatic heterocycles. The van der Waals surface area contributed by atoms with E-state index in [1.165, 1.54) is 6.26 Å². The Labute approximate surface area is 177 Å². The topological polar surface area (TPSA) is 77.0 Å². The minimum absolute atomic E-state index is 0.278. The molecule has 0 N–H and O–H groups in total. The Hall–Kier alpha value is -2.01. The van der Waals surface area contributed by atoms with Crippen LogP contribution < -0.4 is 0 Å². The molecule has 0 bridgehead atoms. The maximum Gasteiger partial charge on any atom is 0.175 e. The first-order chi connectivity index (χ1) is 13.3. The molecule has 0 aliphatic heterocycles. The van der Waals surface area contributed by atoms with E-state index in [0.29, 0.717) is 5.02 Å². The largest absolute Gasteiger partial charge is 0.324 e. The van der Waals surface area contributed by atoms with Crippen LogP contribution in [0.25, 0.3) is 22.4 Å². The Bertz CT molecular complexity index is 1130. The zero-order valence-corrected chi connectivity index (χ0v) is 19.5. The standard InChI is InChI=1S/C18H15ClN2O2S.C3H9OP/c1-12-3-4-14(10-20-12)18-17(9-15(19)11-21-18)13-5-7-16(8-6-13)24(2,22)23;1-5(2,3)4/h3-11H,1-2H3;1-3H3. The van der Waals surface area contributed by atoms with Crippen LogP contribution in [0.5, 0.6) is 0 Å². The van der Waals surface area contributed by atoms with Crippen LogP contribution in [-0.4, -0.2) is 44.6 Å². The van der Waals surface area contributed by atoms with Gasteiger partial charge in [-0.2, -0.15) is 0 Å². The predicted octanol–water partition coefficient (Wildman–Crippen LogP) is 5.41. The Balaban J connectivity index is 0.000000537. The van der Waals surface area contributed by atoms with E-state index in [1.54, 1.807) is 56.7 Å². The summed E-state index contributed by atoms with van der Waals surface area (Å²) in [6.07, 6.45) is 4.54. The number of aryl methyl sites for hydroxylation is 1. The number of nitrogens with zero attached hydrogens (tertiary/aromatic N) is 2. The van der Waals surface area contributed by atoms with Crippen molar-refractivity contribution in [3.8, 4) is 22.4 Å². The smallest absolute Gasteiger partial charge is 0.175 e. The molecule has 0 spiro atoms. The molecular formula is C21H24ClN2O3PS. The summed E-state index contributed by atoms with van der Waals surface area (Å²) >= 11 is 6.11. The van der Waals surface area contributed by atoms with E-state index in [9.17, 15) is 13.0 Å². The van der Waals surface area contributed by atoms with Gasteiger partial charge in [0.1, 0.15) is 0 Å². The molecule has 3 aromatic rings. The molecule has 0 atom stereocenters. The monoisotopic (exact) mass is 450 g/mol. The van der Waals surface area contributed by atoms with Crippen LogP contribution in [0, 0.1) is 6.92 Å². The maximum atomic E-state index is 11.6. The number of sulfone groups is 1. The predicted molar refractivity (Wildman–Crippen MR) is 121 cm³/mol. The van der Waals surface area contributed by atoms with E-state index in [4.69, 9.17) is 11.6 Å². The van der Waals surface area contributed by atoms with Crippen molar-refractivity contribution < 1.29 is 13.0 Å². The van der Waals surface area contributed by atoms with Gasteiger partial charge in [0, 0.05) is 35.5 Å². The molecule has 2 heterocycles. The van der Waals surface area contributed by atoms with Gasteiger partial charge in [-0.15, -0.1) is 0 Å². The first kappa shape index (κ1) is 23.3. The van der Waals surface area contributed by atoms with Crippen LogP contribution >= 0.6 is 18.7 Å². The second kappa shape index (κ2) is 9.21. The van der Waals surface area contributed by atoms with Crippen molar-refractivity contribution >= 4 is 28.6 Å². The van der Waals surface area contributed by atoms with Crippen LogP contribution in [0.2, 0.25) is 5.02 Å². The highest BCUT2D eigenvalue weighted by Gasteiger charge is 2.12. The van der Waals surface area contributed by atoms with Gasteiger partial charge in [-0.05, 0) is 62.8 Å². The summed E-state index contributed by atoms with van der Waals surface area (Å²) < 4.78 is 33.4. The second-order valence-corrected chi connectivity index (χ2v) is 13.7. The van der Waals surface area contributed by atoms with Crippen molar-refractivity contribution in [1.82, 2.24) is 9.97 Å². The minimum Gasteiger partial charge on any atom is -0.324 e. The lowest BCUT2D eigenvalue weighted by molar-refractivity contribution is 0.586. The fourth-order valence-electron chi connectivity index (χ4n) is 2.38. The lowest BCUT2D eigenvalue weighted by atomic mass is 10.0. The SMILES string of the molecule is CP(C)(C)=O.Cc1ccc(-c2ncc(Cl)cc2-c2ccc(S(C)(=O)=O)cc2)cn1. The van der Waals surface area contributed by atoms with Crippen molar-refractivity contribution in [2.24, 2.45) is 0 Å². The fourth-order valence-corrected chi connectivity index (χ4v) is 3.17. The molecule has 5 nitrogen and oxygen atoms in total. The number of pyridine rings is 2. The van der Waals surface area contributed by atoms with Gasteiger partial charge in [0.2, 0.25) is 0 Å². The van der Waals surface area contributed by atoms with Gasteiger partial charge in [0.15, 0.2) is 9.84 Å².